The molecule has 2 rings (SSSR count). The number of ether oxygens (including phenoxy) is 1. The van der Waals surface area contributed by atoms with E-state index in [1.54, 1.807) is 18.2 Å². The number of hydrogen-bond acceptors (Lipinski definition) is 3. The molecule has 0 aliphatic rings. The summed E-state index contributed by atoms with van der Waals surface area (Å²) in [5.41, 5.74) is 0.798. The Morgan fingerprint density at radius 2 is 2.00 bits per heavy atom. The smallest absolute Gasteiger partial charge is 0.180 e. The summed E-state index contributed by atoms with van der Waals surface area (Å²) in [6.07, 6.45) is 0.261. The normalized spacial score (nSPS) is 10.2. The van der Waals surface area contributed by atoms with Crippen LogP contribution in [0.3, 0.4) is 0 Å². The highest BCUT2D eigenvalue weighted by Gasteiger charge is 2.14. The number of ketones is 1. The third-order valence-corrected chi connectivity index (χ3v) is 3.32. The summed E-state index contributed by atoms with van der Waals surface area (Å²) in [5.74, 6) is 0.292. The van der Waals surface area contributed by atoms with Crippen molar-refractivity contribution >= 4 is 17.1 Å². The quantitative estimate of drug-likeness (QED) is 0.778. The average Bonchev–Trinajstić information content (AvgIpc) is 2.80. The maximum atomic E-state index is 12.7. The topological polar surface area (TPSA) is 26.3 Å². The molecular weight excluding hydrogens is 239 g/mol. The van der Waals surface area contributed by atoms with E-state index in [1.165, 1.54) is 30.6 Å². The van der Waals surface area contributed by atoms with Crippen LogP contribution in [0.25, 0.3) is 0 Å². The Kier molecular flexibility index (Phi) is 3.54. The summed E-state index contributed by atoms with van der Waals surface area (Å²) in [6, 6.07) is 7.71. The minimum atomic E-state index is -0.296. The second-order valence-corrected chi connectivity index (χ2v) is 4.46. The van der Waals surface area contributed by atoms with Crippen molar-refractivity contribution in [2.45, 2.75) is 6.42 Å². The standard InChI is InChI=1S/C13H11FO2S/c1-16-12-6-7-17-13(12)11(15)8-9-2-4-10(14)5-3-9/h2-7H,8H2,1H3. The summed E-state index contributed by atoms with van der Waals surface area (Å²) in [5, 5.41) is 1.82. The summed E-state index contributed by atoms with van der Waals surface area (Å²) in [6.45, 7) is 0. The third kappa shape index (κ3) is 2.71. The van der Waals surface area contributed by atoms with E-state index >= 15 is 0 Å². The first-order chi connectivity index (χ1) is 8.20. The monoisotopic (exact) mass is 250 g/mol. The van der Waals surface area contributed by atoms with Crippen LogP contribution in [0.15, 0.2) is 35.7 Å². The Morgan fingerprint density at radius 3 is 2.65 bits per heavy atom. The van der Waals surface area contributed by atoms with Gasteiger partial charge in [-0.2, -0.15) is 0 Å². The van der Waals surface area contributed by atoms with Crippen molar-refractivity contribution in [2.24, 2.45) is 0 Å². The summed E-state index contributed by atoms with van der Waals surface area (Å²) in [7, 11) is 1.54. The lowest BCUT2D eigenvalue weighted by atomic mass is 10.1. The van der Waals surface area contributed by atoms with Crippen molar-refractivity contribution < 1.29 is 13.9 Å². The third-order valence-electron chi connectivity index (χ3n) is 2.38. The highest BCUT2D eigenvalue weighted by atomic mass is 32.1. The molecule has 1 aromatic heterocycles. The largest absolute Gasteiger partial charge is 0.495 e. The molecule has 2 nitrogen and oxygen atoms in total. The second-order valence-electron chi connectivity index (χ2n) is 3.54. The van der Waals surface area contributed by atoms with Crippen molar-refractivity contribution in [1.29, 1.82) is 0 Å². The highest BCUT2D eigenvalue weighted by molar-refractivity contribution is 7.12. The van der Waals surface area contributed by atoms with Crippen molar-refractivity contribution in [2.75, 3.05) is 7.11 Å². The van der Waals surface area contributed by atoms with E-state index in [0.29, 0.717) is 10.6 Å². The first kappa shape index (κ1) is 11.8. The van der Waals surface area contributed by atoms with Gasteiger partial charge in [0.1, 0.15) is 16.4 Å². The van der Waals surface area contributed by atoms with E-state index in [1.807, 2.05) is 5.38 Å². The molecule has 0 atom stereocenters. The van der Waals surface area contributed by atoms with Crippen LogP contribution in [-0.4, -0.2) is 12.9 Å². The molecular formula is C13H11FO2S. The van der Waals surface area contributed by atoms with Gasteiger partial charge in [-0.3, -0.25) is 4.79 Å². The Labute approximate surface area is 103 Å². The molecule has 0 spiro atoms. The summed E-state index contributed by atoms with van der Waals surface area (Å²) in [4.78, 5) is 12.6. The zero-order valence-electron chi connectivity index (χ0n) is 9.27. The van der Waals surface area contributed by atoms with Crippen LogP contribution >= 0.6 is 11.3 Å². The Balaban J connectivity index is 2.14. The van der Waals surface area contributed by atoms with E-state index in [0.717, 1.165) is 5.56 Å². The first-order valence-corrected chi connectivity index (χ1v) is 5.98. The van der Waals surface area contributed by atoms with Gasteiger partial charge in [-0.25, -0.2) is 4.39 Å². The number of methoxy groups -OCH3 is 1. The van der Waals surface area contributed by atoms with Crippen LogP contribution in [0, 0.1) is 5.82 Å². The van der Waals surface area contributed by atoms with Crippen LogP contribution in [0.2, 0.25) is 0 Å². The second kappa shape index (κ2) is 5.10. The number of rotatable bonds is 4. The Hall–Kier alpha value is -1.68. The van der Waals surface area contributed by atoms with E-state index in [-0.39, 0.29) is 18.0 Å². The number of thiophene rings is 1. The summed E-state index contributed by atoms with van der Waals surface area (Å²) >= 11 is 1.36. The summed E-state index contributed by atoms with van der Waals surface area (Å²) < 4.78 is 17.8. The van der Waals surface area contributed by atoms with Crippen LogP contribution in [-0.2, 0) is 6.42 Å². The maximum Gasteiger partial charge on any atom is 0.180 e. The molecule has 4 heteroatoms. The van der Waals surface area contributed by atoms with Gasteiger partial charge in [-0.1, -0.05) is 12.1 Å². The molecule has 0 bridgehead atoms. The van der Waals surface area contributed by atoms with Gasteiger partial charge in [0.2, 0.25) is 0 Å². The average molecular weight is 250 g/mol. The van der Waals surface area contributed by atoms with Crippen molar-refractivity contribution in [3.63, 3.8) is 0 Å². The zero-order valence-corrected chi connectivity index (χ0v) is 10.1. The number of benzene rings is 1. The lowest BCUT2D eigenvalue weighted by Crippen LogP contribution is -2.03. The lowest BCUT2D eigenvalue weighted by molar-refractivity contribution is 0.0994. The van der Waals surface area contributed by atoms with Gasteiger partial charge in [0.05, 0.1) is 7.11 Å². The number of Topliss-reactive ketones (excluding diaryl/α,β-unsaturated/α-hetero) is 1. The van der Waals surface area contributed by atoms with E-state index in [2.05, 4.69) is 0 Å². The lowest BCUT2D eigenvalue weighted by Gasteiger charge is -2.02. The van der Waals surface area contributed by atoms with Crippen molar-refractivity contribution in [1.82, 2.24) is 0 Å². The molecule has 0 saturated carbocycles. The van der Waals surface area contributed by atoms with E-state index in [9.17, 15) is 9.18 Å². The predicted molar refractivity (Wildman–Crippen MR) is 65.3 cm³/mol. The van der Waals surface area contributed by atoms with Crippen LogP contribution in [0.1, 0.15) is 15.2 Å². The minimum absolute atomic E-state index is 0.0107. The molecule has 1 aromatic carbocycles. The molecule has 0 unspecified atom stereocenters. The predicted octanol–water partition coefficient (Wildman–Crippen LogP) is 3.32. The van der Waals surface area contributed by atoms with E-state index in [4.69, 9.17) is 4.74 Å². The van der Waals surface area contributed by atoms with Crippen LogP contribution in [0.5, 0.6) is 5.75 Å². The van der Waals surface area contributed by atoms with Crippen LogP contribution in [0.4, 0.5) is 4.39 Å². The molecule has 88 valence electrons. The fourth-order valence-corrected chi connectivity index (χ4v) is 2.33. The molecule has 2 aromatic rings. The fourth-order valence-electron chi connectivity index (χ4n) is 1.53. The maximum absolute atomic E-state index is 12.7. The van der Waals surface area contributed by atoms with E-state index < -0.39 is 0 Å². The van der Waals surface area contributed by atoms with Gasteiger partial charge < -0.3 is 4.74 Å². The molecule has 0 amide bonds. The number of halogens is 1. The molecule has 1 heterocycles. The molecule has 0 radical (unpaired) electrons. The SMILES string of the molecule is COc1ccsc1C(=O)Cc1ccc(F)cc1. The number of carbonyl (C=O) groups excluding carboxylic acids is 1. The molecule has 0 N–H and O–H groups in total. The molecule has 0 saturated heterocycles. The molecule has 0 fully saturated rings. The van der Waals surface area contributed by atoms with Gasteiger partial charge in [0.15, 0.2) is 5.78 Å². The van der Waals surface area contributed by atoms with Crippen molar-refractivity contribution in [3.05, 3.63) is 52.0 Å². The Bertz CT molecular complexity index is 516. The van der Waals surface area contributed by atoms with Gasteiger partial charge in [0, 0.05) is 6.42 Å². The van der Waals surface area contributed by atoms with Gasteiger partial charge >= 0.3 is 0 Å². The number of carbonyl (C=O) groups is 1. The van der Waals surface area contributed by atoms with Crippen molar-refractivity contribution in [3.8, 4) is 5.75 Å². The zero-order chi connectivity index (χ0) is 12.3. The minimum Gasteiger partial charge on any atom is -0.495 e. The molecule has 0 aliphatic heterocycles. The molecule has 17 heavy (non-hydrogen) atoms. The number of hydrogen-bond donors (Lipinski definition) is 0. The fraction of sp³-hybridized carbons (Fsp3) is 0.154. The van der Waals surface area contributed by atoms with Gasteiger partial charge in [-0.05, 0) is 29.1 Å². The van der Waals surface area contributed by atoms with Gasteiger partial charge in [0.25, 0.3) is 0 Å². The first-order valence-electron chi connectivity index (χ1n) is 5.10. The highest BCUT2D eigenvalue weighted by Crippen LogP contribution is 2.25. The van der Waals surface area contributed by atoms with Crippen LogP contribution < -0.4 is 4.74 Å². The van der Waals surface area contributed by atoms with Gasteiger partial charge in [-0.15, -0.1) is 11.3 Å². The molecule has 0 aliphatic carbocycles. The Morgan fingerprint density at radius 1 is 1.29 bits per heavy atom.